The van der Waals surface area contributed by atoms with E-state index >= 15 is 0 Å². The van der Waals surface area contributed by atoms with Gasteiger partial charge in [0.15, 0.2) is 0 Å². The van der Waals surface area contributed by atoms with Gasteiger partial charge in [0.05, 0.1) is 5.04 Å². The number of aliphatic imine (C=N–C) groups is 1. The molecule has 1 aromatic heterocycles. The highest BCUT2D eigenvalue weighted by Crippen LogP contribution is 2.43. The summed E-state index contributed by atoms with van der Waals surface area (Å²) >= 11 is 3.21. The maximum absolute atomic E-state index is 4.89. The molecule has 0 saturated heterocycles. The van der Waals surface area contributed by atoms with Gasteiger partial charge in [-0.1, -0.05) is 71.6 Å². The van der Waals surface area contributed by atoms with Crippen LogP contribution in [0.4, 0.5) is 10.8 Å². The highest BCUT2D eigenvalue weighted by Gasteiger charge is 2.32. The van der Waals surface area contributed by atoms with Gasteiger partial charge < -0.3 is 5.32 Å². The minimum Gasteiger partial charge on any atom is -0.324 e. The van der Waals surface area contributed by atoms with Gasteiger partial charge in [-0.25, -0.2) is 5.01 Å². The summed E-state index contributed by atoms with van der Waals surface area (Å²) in [5, 5.41) is 21.2. The molecule has 1 atom stereocenters. The maximum Gasteiger partial charge on any atom is 0.234 e. The Morgan fingerprint density at radius 1 is 0.917 bits per heavy atom. The Kier molecular flexibility index (Phi) is 5.85. The number of hydrazone groups is 1. The topological polar surface area (TPSA) is 65.8 Å². The van der Waals surface area contributed by atoms with E-state index < -0.39 is 0 Å². The predicted octanol–water partition coefficient (Wildman–Crippen LogP) is 7.22. The molecule has 1 aliphatic heterocycles. The van der Waals surface area contributed by atoms with Crippen molar-refractivity contribution in [1.82, 2.24) is 15.2 Å². The smallest absolute Gasteiger partial charge is 0.234 e. The Hall–Kier alpha value is -3.49. The second-order valence-corrected chi connectivity index (χ2v) is 11.6. The normalized spacial score (nSPS) is 16.7. The van der Waals surface area contributed by atoms with Gasteiger partial charge in [0.2, 0.25) is 11.1 Å². The molecule has 4 aromatic rings. The largest absolute Gasteiger partial charge is 0.324 e. The number of fused-ring (bicyclic) bond motifs is 3. The van der Waals surface area contributed by atoms with E-state index in [4.69, 9.17) is 10.1 Å². The fraction of sp³-hybridized carbons (Fsp3) is 0.214. The molecule has 1 aliphatic carbocycles. The summed E-state index contributed by atoms with van der Waals surface area (Å²) < 4.78 is 0. The monoisotopic (exact) mass is 510 g/mol. The summed E-state index contributed by atoms with van der Waals surface area (Å²) in [5.41, 5.74) is 10.1. The Morgan fingerprint density at radius 3 is 2.56 bits per heavy atom. The highest BCUT2D eigenvalue weighted by atomic mass is 32.2. The number of hydrogen-bond donors (Lipinski definition) is 1. The van der Waals surface area contributed by atoms with Crippen LogP contribution in [0.15, 0.2) is 70.8 Å². The van der Waals surface area contributed by atoms with Crippen LogP contribution in [0.2, 0.25) is 0 Å². The lowest BCUT2D eigenvalue weighted by Gasteiger charge is -2.25. The third kappa shape index (κ3) is 4.31. The lowest BCUT2D eigenvalue weighted by molar-refractivity contribution is 0.438. The van der Waals surface area contributed by atoms with Crippen LogP contribution < -0.4 is 5.32 Å². The number of aromatic nitrogens is 2. The van der Waals surface area contributed by atoms with E-state index in [9.17, 15) is 0 Å². The average Bonchev–Trinajstić information content (AvgIpc) is 3.56. The Balaban J connectivity index is 1.38. The van der Waals surface area contributed by atoms with Gasteiger partial charge in [0, 0.05) is 5.69 Å². The number of thioether (sulfide) groups is 1. The van der Waals surface area contributed by atoms with E-state index in [1.807, 2.05) is 18.9 Å². The second-order valence-electron chi connectivity index (χ2n) is 9.15. The van der Waals surface area contributed by atoms with Gasteiger partial charge >= 0.3 is 0 Å². The number of aryl methyl sites for hydroxylation is 3. The fourth-order valence-corrected chi connectivity index (χ4v) is 6.18. The van der Waals surface area contributed by atoms with Crippen LogP contribution in [0.25, 0.3) is 11.1 Å². The van der Waals surface area contributed by atoms with E-state index in [0.717, 1.165) is 22.2 Å². The summed E-state index contributed by atoms with van der Waals surface area (Å²) in [5.74, 6) is 0.632. The molecule has 2 aliphatic rings. The van der Waals surface area contributed by atoms with Crippen molar-refractivity contribution in [2.24, 2.45) is 10.1 Å². The number of hydrogen-bond acceptors (Lipinski definition) is 6. The zero-order chi connectivity index (χ0) is 24.8. The first-order valence-electron chi connectivity index (χ1n) is 11.9. The van der Waals surface area contributed by atoms with E-state index in [-0.39, 0.29) is 5.37 Å². The molecule has 0 bridgehead atoms. The van der Waals surface area contributed by atoms with E-state index in [1.54, 1.807) is 11.8 Å². The van der Waals surface area contributed by atoms with Crippen LogP contribution in [0.5, 0.6) is 0 Å². The van der Waals surface area contributed by atoms with Crippen LogP contribution in [-0.4, -0.2) is 26.2 Å². The van der Waals surface area contributed by atoms with Gasteiger partial charge in [-0.3, -0.25) is 0 Å². The molecule has 2 heterocycles. The number of benzene rings is 3. The van der Waals surface area contributed by atoms with Crippen molar-refractivity contribution in [3.63, 3.8) is 0 Å². The standard InChI is InChI=1S/C28H26N6S2/c1-16-9-11-23(13-17(16)2)29-27(30-28-32-31-18(3)36-28)34-26(35-19(4)33-34)21-10-12-25-22(15-21)14-20-7-5-6-8-24(20)25/h5-13,15,26H,14H2,1-4H3,(H,29,30,32). The maximum atomic E-state index is 4.89. The van der Waals surface area contributed by atoms with Crippen LogP contribution >= 0.6 is 23.1 Å². The van der Waals surface area contributed by atoms with Crippen molar-refractivity contribution in [3.05, 3.63) is 93.5 Å². The van der Waals surface area contributed by atoms with Crippen LogP contribution in [0.3, 0.4) is 0 Å². The Bertz CT molecular complexity index is 1540. The van der Waals surface area contributed by atoms with E-state index in [2.05, 4.69) is 90.0 Å². The van der Waals surface area contributed by atoms with E-state index in [1.165, 1.54) is 50.3 Å². The van der Waals surface area contributed by atoms with E-state index in [0.29, 0.717) is 11.1 Å². The van der Waals surface area contributed by atoms with Gasteiger partial charge in [0.1, 0.15) is 10.4 Å². The minimum absolute atomic E-state index is 0.0363. The number of nitrogens with zero attached hydrogens (tertiary/aromatic N) is 5. The SMILES string of the molecule is CC1=NN(/C(=N/c2nnc(C)s2)Nc2ccc(C)c(C)c2)C(c2ccc3c(c2)Cc2ccccc2-3)S1. The molecule has 3 aromatic carbocycles. The summed E-state index contributed by atoms with van der Waals surface area (Å²) in [6, 6.07) is 21.8. The molecular weight excluding hydrogens is 484 g/mol. The molecular formula is C28H26N6S2. The molecule has 0 radical (unpaired) electrons. The molecule has 36 heavy (non-hydrogen) atoms. The summed E-state index contributed by atoms with van der Waals surface area (Å²) in [6.45, 7) is 8.21. The van der Waals surface area contributed by atoms with Gasteiger partial charge in [-0.15, -0.1) is 10.2 Å². The first-order valence-corrected chi connectivity index (χ1v) is 13.6. The summed E-state index contributed by atoms with van der Waals surface area (Å²) in [6.07, 6.45) is 0.961. The molecule has 6 nitrogen and oxygen atoms in total. The minimum atomic E-state index is -0.0363. The zero-order valence-corrected chi connectivity index (χ0v) is 22.2. The quantitative estimate of drug-likeness (QED) is 0.205. The number of anilines is 1. The molecule has 8 heteroatoms. The fourth-order valence-electron chi connectivity index (χ4n) is 4.63. The van der Waals surface area contributed by atoms with Crippen molar-refractivity contribution < 1.29 is 0 Å². The third-order valence-electron chi connectivity index (χ3n) is 6.55. The molecule has 0 fully saturated rings. The van der Waals surface area contributed by atoms with Gasteiger partial charge in [0.25, 0.3) is 0 Å². The highest BCUT2D eigenvalue weighted by molar-refractivity contribution is 8.14. The summed E-state index contributed by atoms with van der Waals surface area (Å²) in [7, 11) is 0. The van der Waals surface area contributed by atoms with Crippen LogP contribution in [0.1, 0.15) is 45.1 Å². The molecule has 180 valence electrons. The lowest BCUT2D eigenvalue weighted by atomic mass is 10.0. The molecule has 0 saturated carbocycles. The Labute approximate surface area is 219 Å². The van der Waals surface area contributed by atoms with Crippen molar-refractivity contribution >= 4 is 44.9 Å². The van der Waals surface area contributed by atoms with Crippen molar-refractivity contribution in [2.45, 2.75) is 39.5 Å². The molecule has 0 amide bonds. The zero-order valence-electron chi connectivity index (χ0n) is 20.6. The van der Waals surface area contributed by atoms with Crippen LogP contribution in [-0.2, 0) is 6.42 Å². The first-order chi connectivity index (χ1) is 17.4. The average molecular weight is 511 g/mol. The molecule has 1 N–H and O–H groups in total. The molecule has 6 rings (SSSR count). The number of nitrogens with one attached hydrogen (secondary N) is 1. The predicted molar refractivity (Wildman–Crippen MR) is 151 cm³/mol. The van der Waals surface area contributed by atoms with Crippen molar-refractivity contribution in [3.8, 4) is 11.1 Å². The van der Waals surface area contributed by atoms with Crippen molar-refractivity contribution in [2.75, 3.05) is 5.32 Å². The molecule has 1 unspecified atom stereocenters. The number of guanidine groups is 1. The Morgan fingerprint density at radius 2 is 1.75 bits per heavy atom. The number of rotatable bonds is 3. The lowest BCUT2D eigenvalue weighted by Crippen LogP contribution is -2.32. The molecule has 0 spiro atoms. The second kappa shape index (κ2) is 9.19. The van der Waals surface area contributed by atoms with Gasteiger partial charge in [-0.2, -0.15) is 10.1 Å². The van der Waals surface area contributed by atoms with Crippen LogP contribution in [0, 0.1) is 20.8 Å². The van der Waals surface area contributed by atoms with Crippen molar-refractivity contribution in [1.29, 1.82) is 0 Å². The first kappa shape index (κ1) is 22.9. The third-order valence-corrected chi connectivity index (χ3v) is 8.40. The summed E-state index contributed by atoms with van der Waals surface area (Å²) in [4.78, 5) is 4.88. The van der Waals surface area contributed by atoms with Gasteiger partial charge in [-0.05, 0) is 85.2 Å².